The van der Waals surface area contributed by atoms with E-state index in [1.165, 1.54) is 6.42 Å². The molecule has 5 rings (SSSR count). The molecule has 5 aliphatic rings. The number of aliphatic hydroxyl groups excluding tert-OH is 1. The zero-order valence-electron chi connectivity index (χ0n) is 21.6. The van der Waals surface area contributed by atoms with Crippen LogP contribution in [0.25, 0.3) is 0 Å². The van der Waals surface area contributed by atoms with Crippen LogP contribution in [-0.2, 0) is 9.59 Å². The third kappa shape index (κ3) is 3.96. The Morgan fingerprint density at radius 2 is 1.65 bits per heavy atom. The zero-order valence-corrected chi connectivity index (χ0v) is 21.6. The average Bonchev–Trinajstić information content (AvgIpc) is 3.16. The van der Waals surface area contributed by atoms with E-state index in [1.54, 1.807) is 6.92 Å². The summed E-state index contributed by atoms with van der Waals surface area (Å²) in [7, 11) is 0. The van der Waals surface area contributed by atoms with Crippen LogP contribution < -0.4 is 0 Å². The molecule has 1 heterocycles. The van der Waals surface area contributed by atoms with Gasteiger partial charge in [-0.1, -0.05) is 6.92 Å². The van der Waals surface area contributed by atoms with E-state index < -0.39 is 5.60 Å². The highest BCUT2D eigenvalue weighted by atomic mass is 16.3. The van der Waals surface area contributed by atoms with E-state index in [-0.39, 0.29) is 29.3 Å². The molecule has 1 aliphatic heterocycles. The van der Waals surface area contributed by atoms with Gasteiger partial charge in [0.05, 0.1) is 12.1 Å². The van der Waals surface area contributed by atoms with Crippen LogP contribution in [0.15, 0.2) is 0 Å². The lowest BCUT2D eigenvalue weighted by atomic mass is 9.43. The number of hydrogen-bond donors (Lipinski definition) is 2. The van der Waals surface area contributed by atoms with Gasteiger partial charge in [-0.15, -0.1) is 0 Å². The lowest BCUT2D eigenvalue weighted by Crippen LogP contribution is -2.58. The number of fused-ring (bicyclic) bond motifs is 5. The maximum atomic E-state index is 13.6. The molecule has 6 nitrogen and oxygen atoms in total. The molecule has 1 unspecified atom stereocenters. The molecule has 0 aromatic rings. The highest BCUT2D eigenvalue weighted by Crippen LogP contribution is 2.68. The van der Waals surface area contributed by atoms with Gasteiger partial charge in [0.2, 0.25) is 5.91 Å². The van der Waals surface area contributed by atoms with Crippen LogP contribution in [0.3, 0.4) is 0 Å². The molecule has 2 N–H and O–H groups in total. The number of nitrogens with zero attached hydrogens (tertiary/aromatic N) is 2. The first-order valence-electron chi connectivity index (χ1n) is 13.9. The predicted octanol–water partition coefficient (Wildman–Crippen LogP) is 3.10. The summed E-state index contributed by atoms with van der Waals surface area (Å²) < 4.78 is 0. The number of aliphatic hydroxyl groups is 2. The fraction of sp³-hybridized carbons (Fsp3) is 0.929. The molecule has 8 atom stereocenters. The van der Waals surface area contributed by atoms with Gasteiger partial charge < -0.3 is 15.1 Å². The van der Waals surface area contributed by atoms with Crippen molar-refractivity contribution in [2.45, 2.75) is 84.2 Å². The van der Waals surface area contributed by atoms with Gasteiger partial charge in [0, 0.05) is 45.6 Å². The summed E-state index contributed by atoms with van der Waals surface area (Å²) in [4.78, 5) is 29.3. The highest BCUT2D eigenvalue weighted by Gasteiger charge is 2.62. The molecule has 34 heavy (non-hydrogen) atoms. The Morgan fingerprint density at radius 3 is 2.32 bits per heavy atom. The molecule has 0 aromatic heterocycles. The molecular weight excluding hydrogens is 428 g/mol. The summed E-state index contributed by atoms with van der Waals surface area (Å²) in [6.45, 7) is 9.85. The standard InChI is InChI=1S/C28H46N2O4/c1-19(32)30-14-12-29(13-15-30)17-25(33)24-7-6-22-21-5-4-20-16-26(2,34)10-11-28(20,18-31)23(21)8-9-27(22,24)3/h20-24,31,34H,4-18H2,1-3H3/t20-,21-,22-,23-,24+,26+,27-,28?/m0/s1. The number of carbonyl (C=O) groups excluding carboxylic acids is 2. The topological polar surface area (TPSA) is 81.1 Å². The van der Waals surface area contributed by atoms with Gasteiger partial charge in [-0.2, -0.15) is 0 Å². The Balaban J connectivity index is 1.27. The van der Waals surface area contributed by atoms with Crippen molar-refractivity contribution in [1.29, 1.82) is 0 Å². The van der Waals surface area contributed by atoms with Crippen molar-refractivity contribution < 1.29 is 19.8 Å². The fourth-order valence-electron chi connectivity index (χ4n) is 9.62. The molecule has 1 amide bonds. The molecule has 0 spiro atoms. The summed E-state index contributed by atoms with van der Waals surface area (Å²) in [5, 5.41) is 21.4. The van der Waals surface area contributed by atoms with Crippen molar-refractivity contribution in [2.75, 3.05) is 39.3 Å². The van der Waals surface area contributed by atoms with Gasteiger partial charge >= 0.3 is 0 Å². The van der Waals surface area contributed by atoms with E-state index in [4.69, 9.17) is 0 Å². The SMILES string of the molecule is CC(=O)N1CCN(CC(=O)[C@H]2CC[C@H]3[C@@H]4CC[C@H]5C[C@](C)(O)CCC5(CO)[C@H]4CC[C@]23C)CC1. The van der Waals surface area contributed by atoms with E-state index in [9.17, 15) is 19.8 Å². The van der Waals surface area contributed by atoms with Crippen molar-refractivity contribution >= 4 is 11.7 Å². The second kappa shape index (κ2) is 8.85. The predicted molar refractivity (Wildman–Crippen MR) is 131 cm³/mol. The van der Waals surface area contributed by atoms with E-state index >= 15 is 0 Å². The normalized spacial score (nSPS) is 47.0. The Bertz CT molecular complexity index is 806. The van der Waals surface area contributed by atoms with Crippen LogP contribution >= 0.6 is 0 Å². The summed E-state index contributed by atoms with van der Waals surface area (Å²) in [5.74, 6) is 2.87. The molecule has 5 fully saturated rings. The van der Waals surface area contributed by atoms with Gasteiger partial charge in [-0.05, 0) is 99.2 Å². The molecule has 0 bridgehead atoms. The quantitative estimate of drug-likeness (QED) is 0.654. The molecule has 192 valence electrons. The Morgan fingerprint density at radius 1 is 0.912 bits per heavy atom. The molecular formula is C28H46N2O4. The van der Waals surface area contributed by atoms with Crippen LogP contribution in [-0.4, -0.2) is 76.6 Å². The lowest BCUT2D eigenvalue weighted by Gasteiger charge is -2.62. The molecule has 4 aliphatic carbocycles. The van der Waals surface area contributed by atoms with Gasteiger partial charge in [0.15, 0.2) is 0 Å². The van der Waals surface area contributed by atoms with E-state index in [0.29, 0.717) is 36.0 Å². The third-order valence-electron chi connectivity index (χ3n) is 11.5. The minimum Gasteiger partial charge on any atom is -0.396 e. The monoisotopic (exact) mass is 474 g/mol. The Hall–Kier alpha value is -0.980. The Labute approximate surface area is 205 Å². The number of rotatable bonds is 4. The highest BCUT2D eigenvalue weighted by molar-refractivity contribution is 5.84. The summed E-state index contributed by atoms with van der Waals surface area (Å²) >= 11 is 0. The lowest BCUT2D eigenvalue weighted by molar-refractivity contribution is -0.171. The third-order valence-corrected chi connectivity index (χ3v) is 11.5. The van der Waals surface area contributed by atoms with Crippen molar-refractivity contribution in [3.05, 3.63) is 0 Å². The minimum absolute atomic E-state index is 0.0228. The average molecular weight is 475 g/mol. The van der Waals surface area contributed by atoms with E-state index in [2.05, 4.69) is 11.8 Å². The Kier molecular flexibility index (Phi) is 6.43. The van der Waals surface area contributed by atoms with Crippen LogP contribution in [0, 0.1) is 40.4 Å². The van der Waals surface area contributed by atoms with Crippen LogP contribution in [0.5, 0.6) is 0 Å². The number of ketones is 1. The first-order chi connectivity index (χ1) is 16.1. The van der Waals surface area contributed by atoms with E-state index in [1.807, 2.05) is 11.8 Å². The largest absolute Gasteiger partial charge is 0.396 e. The minimum atomic E-state index is -0.583. The van der Waals surface area contributed by atoms with Gasteiger partial charge in [-0.25, -0.2) is 0 Å². The smallest absolute Gasteiger partial charge is 0.219 e. The van der Waals surface area contributed by atoms with Crippen molar-refractivity contribution in [3.8, 4) is 0 Å². The van der Waals surface area contributed by atoms with Crippen molar-refractivity contribution in [1.82, 2.24) is 9.80 Å². The van der Waals surface area contributed by atoms with Gasteiger partial charge in [0.1, 0.15) is 5.78 Å². The molecule has 1 saturated heterocycles. The zero-order chi connectivity index (χ0) is 24.3. The summed E-state index contributed by atoms with van der Waals surface area (Å²) in [5.41, 5.74) is -0.520. The second-order valence-corrected chi connectivity index (χ2v) is 13.2. The van der Waals surface area contributed by atoms with E-state index in [0.717, 1.165) is 77.5 Å². The van der Waals surface area contributed by atoms with Crippen molar-refractivity contribution in [2.24, 2.45) is 40.4 Å². The molecule has 0 aromatic carbocycles. The van der Waals surface area contributed by atoms with Crippen LogP contribution in [0.2, 0.25) is 0 Å². The van der Waals surface area contributed by atoms with Crippen molar-refractivity contribution in [3.63, 3.8) is 0 Å². The summed E-state index contributed by atoms with van der Waals surface area (Å²) in [6.07, 6.45) is 9.27. The van der Waals surface area contributed by atoms with Gasteiger partial charge in [-0.3, -0.25) is 14.5 Å². The molecule has 4 saturated carbocycles. The number of piperazine rings is 1. The molecule has 0 radical (unpaired) electrons. The second-order valence-electron chi connectivity index (χ2n) is 13.2. The number of hydrogen-bond acceptors (Lipinski definition) is 5. The fourth-order valence-corrected chi connectivity index (χ4v) is 9.62. The molecule has 6 heteroatoms. The number of Topliss-reactive ketones (excluding diaryl/α,β-unsaturated/α-hetero) is 1. The first-order valence-corrected chi connectivity index (χ1v) is 13.9. The van der Waals surface area contributed by atoms with Crippen LogP contribution in [0.1, 0.15) is 78.6 Å². The number of amides is 1. The van der Waals surface area contributed by atoms with Crippen LogP contribution in [0.4, 0.5) is 0 Å². The number of carbonyl (C=O) groups is 2. The summed E-state index contributed by atoms with van der Waals surface area (Å²) in [6, 6.07) is 0. The van der Waals surface area contributed by atoms with Gasteiger partial charge in [0.25, 0.3) is 0 Å². The maximum Gasteiger partial charge on any atom is 0.219 e. The first kappa shape index (κ1) is 24.7. The maximum absolute atomic E-state index is 13.6.